The molecule has 58 valence electrons. The second kappa shape index (κ2) is 4.85. The third-order valence-corrected chi connectivity index (χ3v) is 1.38. The first-order valence-electron chi connectivity index (χ1n) is 3.41. The van der Waals surface area contributed by atoms with Crippen LogP contribution in [0.2, 0.25) is 0 Å². The van der Waals surface area contributed by atoms with Crippen molar-refractivity contribution in [3.8, 4) is 0 Å². The van der Waals surface area contributed by atoms with E-state index >= 15 is 0 Å². The number of rotatable bonds is 3. The molecule has 1 aromatic rings. The number of aromatic nitrogens is 2. The molecule has 3 heteroatoms. The molecule has 0 radical (unpaired) electrons. The molecule has 0 saturated heterocycles. The Hall–Kier alpha value is -0.890. The van der Waals surface area contributed by atoms with E-state index in [4.69, 9.17) is 11.6 Å². The van der Waals surface area contributed by atoms with E-state index in [0.29, 0.717) is 5.88 Å². The fourth-order valence-electron chi connectivity index (χ4n) is 0.679. The molecule has 1 rings (SSSR count). The van der Waals surface area contributed by atoms with E-state index < -0.39 is 0 Å². The van der Waals surface area contributed by atoms with Gasteiger partial charge < -0.3 is 0 Å². The second-order valence-corrected chi connectivity index (χ2v) is 2.43. The minimum absolute atomic E-state index is 0.657. The van der Waals surface area contributed by atoms with Crippen molar-refractivity contribution in [2.45, 2.75) is 6.42 Å². The van der Waals surface area contributed by atoms with Gasteiger partial charge in [-0.25, -0.2) is 9.97 Å². The number of nitrogens with zero attached hydrogens (tertiary/aromatic N) is 2. The lowest BCUT2D eigenvalue weighted by molar-refractivity contribution is 1.16. The summed E-state index contributed by atoms with van der Waals surface area (Å²) in [6.07, 6.45) is 9.89. The highest BCUT2D eigenvalue weighted by atomic mass is 35.5. The number of hydrogen-bond donors (Lipinski definition) is 0. The van der Waals surface area contributed by atoms with Gasteiger partial charge in [0.1, 0.15) is 6.33 Å². The van der Waals surface area contributed by atoms with Crippen molar-refractivity contribution >= 4 is 17.7 Å². The van der Waals surface area contributed by atoms with Gasteiger partial charge in [-0.05, 0) is 6.42 Å². The van der Waals surface area contributed by atoms with Gasteiger partial charge in [0.15, 0.2) is 0 Å². The van der Waals surface area contributed by atoms with E-state index in [-0.39, 0.29) is 0 Å². The summed E-state index contributed by atoms with van der Waals surface area (Å²) in [5, 5.41) is 0. The quantitative estimate of drug-likeness (QED) is 0.647. The molecule has 0 atom stereocenters. The zero-order chi connectivity index (χ0) is 7.94. The zero-order valence-corrected chi connectivity index (χ0v) is 6.83. The van der Waals surface area contributed by atoms with E-state index in [1.165, 1.54) is 6.33 Å². The molecule has 0 aliphatic carbocycles. The number of halogens is 1. The number of allylic oxidation sites excluding steroid dienone is 1. The van der Waals surface area contributed by atoms with Crippen LogP contribution in [0.15, 0.2) is 24.8 Å². The van der Waals surface area contributed by atoms with Gasteiger partial charge in [0.2, 0.25) is 0 Å². The van der Waals surface area contributed by atoms with Crippen LogP contribution in [-0.4, -0.2) is 15.8 Å². The topological polar surface area (TPSA) is 25.8 Å². The Morgan fingerprint density at radius 3 is 2.73 bits per heavy atom. The van der Waals surface area contributed by atoms with Gasteiger partial charge in [0, 0.05) is 23.8 Å². The molecule has 11 heavy (non-hydrogen) atoms. The molecule has 0 fully saturated rings. The summed E-state index contributed by atoms with van der Waals surface area (Å²) < 4.78 is 0. The zero-order valence-electron chi connectivity index (χ0n) is 6.07. The standard InChI is InChI=1S/C8H9ClN2/c9-4-2-1-3-8-5-10-7-11-6-8/h1,3,5-7H,2,4H2. The predicted molar refractivity (Wildman–Crippen MR) is 46.4 cm³/mol. The van der Waals surface area contributed by atoms with Gasteiger partial charge in [-0.2, -0.15) is 0 Å². The van der Waals surface area contributed by atoms with Crippen molar-refractivity contribution in [1.82, 2.24) is 9.97 Å². The molecule has 1 heterocycles. The van der Waals surface area contributed by atoms with Crippen molar-refractivity contribution in [2.24, 2.45) is 0 Å². The van der Waals surface area contributed by atoms with Crippen LogP contribution < -0.4 is 0 Å². The van der Waals surface area contributed by atoms with Crippen LogP contribution in [0.25, 0.3) is 6.08 Å². The summed E-state index contributed by atoms with van der Waals surface area (Å²) in [4.78, 5) is 7.74. The van der Waals surface area contributed by atoms with E-state index in [9.17, 15) is 0 Å². The summed E-state index contributed by atoms with van der Waals surface area (Å²) in [5.41, 5.74) is 1.01. The minimum Gasteiger partial charge on any atom is -0.244 e. The summed E-state index contributed by atoms with van der Waals surface area (Å²) in [5.74, 6) is 0.657. The Morgan fingerprint density at radius 1 is 1.36 bits per heavy atom. The number of alkyl halides is 1. The second-order valence-electron chi connectivity index (χ2n) is 2.05. The average molecular weight is 169 g/mol. The summed E-state index contributed by atoms with van der Waals surface area (Å²) in [7, 11) is 0. The van der Waals surface area contributed by atoms with Crippen LogP contribution in [0.3, 0.4) is 0 Å². The van der Waals surface area contributed by atoms with E-state index in [2.05, 4.69) is 9.97 Å². The van der Waals surface area contributed by atoms with Gasteiger partial charge in [-0.1, -0.05) is 12.2 Å². The normalized spacial score (nSPS) is 10.6. The SMILES string of the molecule is ClCCC=Cc1cncnc1. The molecule has 1 aromatic heterocycles. The molecule has 0 aliphatic rings. The first-order valence-corrected chi connectivity index (χ1v) is 3.94. The minimum atomic E-state index is 0.657. The first-order chi connectivity index (χ1) is 5.43. The molecule has 0 spiro atoms. The maximum Gasteiger partial charge on any atom is 0.115 e. The van der Waals surface area contributed by atoms with E-state index in [1.54, 1.807) is 12.4 Å². The Balaban J connectivity index is 2.50. The lowest BCUT2D eigenvalue weighted by Crippen LogP contribution is -1.77. The van der Waals surface area contributed by atoms with Crippen LogP contribution in [0.5, 0.6) is 0 Å². The average Bonchev–Trinajstić information content (AvgIpc) is 2.07. The van der Waals surface area contributed by atoms with Crippen LogP contribution in [0.1, 0.15) is 12.0 Å². The van der Waals surface area contributed by atoms with Crippen LogP contribution >= 0.6 is 11.6 Å². The maximum absolute atomic E-state index is 5.49. The van der Waals surface area contributed by atoms with Crippen molar-refractivity contribution in [3.63, 3.8) is 0 Å². The lowest BCUT2D eigenvalue weighted by atomic mass is 10.3. The molecular formula is C8H9ClN2. The van der Waals surface area contributed by atoms with Crippen LogP contribution in [0, 0.1) is 0 Å². The molecule has 2 nitrogen and oxygen atoms in total. The van der Waals surface area contributed by atoms with E-state index in [1.807, 2.05) is 12.2 Å². The summed E-state index contributed by atoms with van der Waals surface area (Å²) in [6, 6.07) is 0. The van der Waals surface area contributed by atoms with Gasteiger partial charge in [-0.3, -0.25) is 0 Å². The Labute approximate surface area is 70.9 Å². The highest BCUT2D eigenvalue weighted by Gasteiger charge is 1.82. The number of hydrogen-bond acceptors (Lipinski definition) is 2. The third-order valence-electron chi connectivity index (χ3n) is 1.17. The van der Waals surface area contributed by atoms with Crippen molar-refractivity contribution in [3.05, 3.63) is 30.4 Å². The van der Waals surface area contributed by atoms with Gasteiger partial charge >= 0.3 is 0 Å². The summed E-state index contributed by atoms with van der Waals surface area (Å²) in [6.45, 7) is 0. The van der Waals surface area contributed by atoms with Crippen molar-refractivity contribution in [2.75, 3.05) is 5.88 Å². The highest BCUT2D eigenvalue weighted by Crippen LogP contribution is 1.97. The van der Waals surface area contributed by atoms with Gasteiger partial charge in [-0.15, -0.1) is 11.6 Å². The molecule has 0 aliphatic heterocycles. The smallest absolute Gasteiger partial charge is 0.115 e. The van der Waals surface area contributed by atoms with Crippen molar-refractivity contribution in [1.29, 1.82) is 0 Å². The molecule has 0 saturated carbocycles. The van der Waals surface area contributed by atoms with Crippen LogP contribution in [0.4, 0.5) is 0 Å². The third kappa shape index (κ3) is 3.14. The van der Waals surface area contributed by atoms with Crippen LogP contribution in [-0.2, 0) is 0 Å². The van der Waals surface area contributed by atoms with Crippen molar-refractivity contribution < 1.29 is 0 Å². The Kier molecular flexibility index (Phi) is 3.62. The van der Waals surface area contributed by atoms with Gasteiger partial charge in [0.25, 0.3) is 0 Å². The Bertz CT molecular complexity index is 221. The largest absolute Gasteiger partial charge is 0.244 e. The fraction of sp³-hybridized carbons (Fsp3) is 0.250. The maximum atomic E-state index is 5.49. The molecule has 0 aromatic carbocycles. The van der Waals surface area contributed by atoms with Gasteiger partial charge in [0.05, 0.1) is 0 Å². The monoisotopic (exact) mass is 168 g/mol. The molecular weight excluding hydrogens is 160 g/mol. The molecule has 0 bridgehead atoms. The summed E-state index contributed by atoms with van der Waals surface area (Å²) >= 11 is 5.49. The Morgan fingerprint density at radius 2 is 2.09 bits per heavy atom. The highest BCUT2D eigenvalue weighted by molar-refractivity contribution is 6.17. The first kappa shape index (κ1) is 8.21. The molecule has 0 unspecified atom stereocenters. The lowest BCUT2D eigenvalue weighted by Gasteiger charge is -1.88. The fourth-order valence-corrected chi connectivity index (χ4v) is 0.805. The predicted octanol–water partition coefficient (Wildman–Crippen LogP) is 2.12. The van der Waals surface area contributed by atoms with E-state index in [0.717, 1.165) is 12.0 Å². The molecule has 0 N–H and O–H groups in total. The molecule has 0 amide bonds.